The molecule has 2 aliphatic heterocycles. The lowest BCUT2D eigenvalue weighted by molar-refractivity contribution is 0.0131. The number of hydrogen-bond acceptors (Lipinski definition) is 4. The number of hydrogen-bond donors (Lipinski definition) is 0. The Morgan fingerprint density at radius 1 is 1.33 bits per heavy atom. The van der Waals surface area contributed by atoms with Crippen molar-refractivity contribution in [2.75, 3.05) is 37.8 Å². The van der Waals surface area contributed by atoms with Crippen molar-refractivity contribution in [3.63, 3.8) is 0 Å². The molecule has 0 aliphatic carbocycles. The Bertz CT molecular complexity index is 469. The van der Waals surface area contributed by atoms with Gasteiger partial charge >= 0.3 is 0 Å². The summed E-state index contributed by atoms with van der Waals surface area (Å²) in [4.78, 5) is 7.01. The summed E-state index contributed by atoms with van der Waals surface area (Å²) in [6.07, 6.45) is 3.73. The van der Waals surface area contributed by atoms with Crippen molar-refractivity contribution in [1.29, 1.82) is 0 Å². The standard InChI is InChI=1S/C16H23BrN2O2/c1-12-15(17)2-3-16(18-12)19-7-4-14(5-8-19)21-11-13-6-9-20-10-13/h2-3,13-14H,4-11H2,1H3. The summed E-state index contributed by atoms with van der Waals surface area (Å²) in [5.74, 6) is 1.69. The van der Waals surface area contributed by atoms with E-state index in [9.17, 15) is 0 Å². The van der Waals surface area contributed by atoms with Gasteiger partial charge in [0.1, 0.15) is 5.82 Å². The number of nitrogens with zero attached hydrogens (tertiary/aromatic N) is 2. The average Bonchev–Trinajstić information content (AvgIpc) is 3.02. The summed E-state index contributed by atoms with van der Waals surface area (Å²) in [6.45, 7) is 6.73. The zero-order valence-electron chi connectivity index (χ0n) is 12.6. The van der Waals surface area contributed by atoms with Gasteiger partial charge in [0.2, 0.25) is 0 Å². The summed E-state index contributed by atoms with van der Waals surface area (Å²) < 4.78 is 12.5. The molecule has 0 N–H and O–H groups in total. The van der Waals surface area contributed by atoms with Gasteiger partial charge in [0.15, 0.2) is 0 Å². The van der Waals surface area contributed by atoms with E-state index < -0.39 is 0 Å². The fourth-order valence-electron chi connectivity index (χ4n) is 2.95. The third kappa shape index (κ3) is 3.96. The Morgan fingerprint density at radius 2 is 2.14 bits per heavy atom. The van der Waals surface area contributed by atoms with E-state index in [-0.39, 0.29) is 0 Å². The third-order valence-electron chi connectivity index (χ3n) is 4.36. The fraction of sp³-hybridized carbons (Fsp3) is 0.688. The lowest BCUT2D eigenvalue weighted by Gasteiger charge is -2.33. The second kappa shape index (κ2) is 7.07. The van der Waals surface area contributed by atoms with Crippen molar-refractivity contribution in [2.45, 2.75) is 32.3 Å². The number of anilines is 1. The van der Waals surface area contributed by atoms with Crippen molar-refractivity contribution in [2.24, 2.45) is 5.92 Å². The Balaban J connectivity index is 1.46. The molecule has 3 rings (SSSR count). The van der Waals surface area contributed by atoms with Crippen LogP contribution in [-0.4, -0.2) is 44.0 Å². The number of rotatable bonds is 4. The normalized spacial score (nSPS) is 23.7. The van der Waals surface area contributed by atoms with Crippen molar-refractivity contribution < 1.29 is 9.47 Å². The molecule has 4 nitrogen and oxygen atoms in total. The molecule has 0 saturated carbocycles. The smallest absolute Gasteiger partial charge is 0.128 e. The van der Waals surface area contributed by atoms with Gasteiger partial charge in [0.25, 0.3) is 0 Å². The van der Waals surface area contributed by atoms with Crippen LogP contribution >= 0.6 is 15.9 Å². The van der Waals surface area contributed by atoms with E-state index in [4.69, 9.17) is 9.47 Å². The summed E-state index contributed by atoms with van der Waals surface area (Å²) in [7, 11) is 0. The molecular weight excluding hydrogens is 332 g/mol. The predicted molar refractivity (Wildman–Crippen MR) is 86.8 cm³/mol. The van der Waals surface area contributed by atoms with Crippen LogP contribution in [0.5, 0.6) is 0 Å². The number of pyridine rings is 1. The zero-order valence-corrected chi connectivity index (χ0v) is 14.1. The van der Waals surface area contributed by atoms with Crippen LogP contribution in [0.1, 0.15) is 25.0 Å². The molecule has 1 aromatic rings. The van der Waals surface area contributed by atoms with Gasteiger partial charge in [-0.15, -0.1) is 0 Å². The van der Waals surface area contributed by atoms with Crippen LogP contribution in [0, 0.1) is 12.8 Å². The molecule has 0 radical (unpaired) electrons. The topological polar surface area (TPSA) is 34.6 Å². The van der Waals surface area contributed by atoms with Crippen LogP contribution in [0.15, 0.2) is 16.6 Å². The summed E-state index contributed by atoms with van der Waals surface area (Å²) in [5.41, 5.74) is 1.05. The molecule has 116 valence electrons. The number of piperidine rings is 1. The Morgan fingerprint density at radius 3 is 2.81 bits per heavy atom. The fourth-order valence-corrected chi connectivity index (χ4v) is 3.17. The highest BCUT2D eigenvalue weighted by Gasteiger charge is 2.23. The maximum absolute atomic E-state index is 6.06. The van der Waals surface area contributed by atoms with E-state index in [1.165, 1.54) is 0 Å². The minimum absolute atomic E-state index is 0.401. The first-order valence-electron chi connectivity index (χ1n) is 7.80. The largest absolute Gasteiger partial charge is 0.381 e. The quantitative estimate of drug-likeness (QED) is 0.831. The van der Waals surface area contributed by atoms with Gasteiger partial charge < -0.3 is 14.4 Å². The molecule has 2 aliphatic rings. The van der Waals surface area contributed by atoms with Gasteiger partial charge in [0, 0.05) is 30.1 Å². The van der Waals surface area contributed by atoms with Crippen LogP contribution in [0.25, 0.3) is 0 Å². The molecule has 2 saturated heterocycles. The van der Waals surface area contributed by atoms with E-state index >= 15 is 0 Å². The van der Waals surface area contributed by atoms with E-state index in [1.54, 1.807) is 0 Å². The minimum Gasteiger partial charge on any atom is -0.381 e. The maximum Gasteiger partial charge on any atom is 0.128 e. The predicted octanol–water partition coefficient (Wildman–Crippen LogP) is 3.17. The monoisotopic (exact) mass is 354 g/mol. The minimum atomic E-state index is 0.401. The summed E-state index contributed by atoms with van der Waals surface area (Å²) in [6, 6.07) is 4.18. The molecule has 1 unspecified atom stereocenters. The highest BCUT2D eigenvalue weighted by molar-refractivity contribution is 9.10. The van der Waals surface area contributed by atoms with Crippen LogP contribution in [0.3, 0.4) is 0 Å². The lowest BCUT2D eigenvalue weighted by atomic mass is 10.1. The second-order valence-corrected chi connectivity index (χ2v) is 6.84. The van der Waals surface area contributed by atoms with Crippen molar-refractivity contribution >= 4 is 21.7 Å². The molecule has 2 fully saturated rings. The number of aromatic nitrogens is 1. The third-order valence-corrected chi connectivity index (χ3v) is 5.20. The molecule has 0 amide bonds. The molecule has 3 heterocycles. The van der Waals surface area contributed by atoms with Crippen LogP contribution < -0.4 is 4.90 Å². The van der Waals surface area contributed by atoms with E-state index in [0.717, 1.165) is 68.2 Å². The van der Waals surface area contributed by atoms with Gasteiger partial charge in [-0.05, 0) is 54.2 Å². The summed E-state index contributed by atoms with van der Waals surface area (Å²) >= 11 is 3.50. The molecular formula is C16H23BrN2O2. The number of halogens is 1. The van der Waals surface area contributed by atoms with Gasteiger partial charge in [-0.3, -0.25) is 0 Å². The number of aryl methyl sites for hydroxylation is 1. The zero-order chi connectivity index (χ0) is 14.7. The molecule has 21 heavy (non-hydrogen) atoms. The molecule has 0 spiro atoms. The first-order valence-corrected chi connectivity index (χ1v) is 8.59. The van der Waals surface area contributed by atoms with Gasteiger partial charge in [-0.25, -0.2) is 4.98 Å². The lowest BCUT2D eigenvalue weighted by Crippen LogP contribution is -2.38. The van der Waals surface area contributed by atoms with Crippen molar-refractivity contribution in [1.82, 2.24) is 4.98 Å². The molecule has 0 bridgehead atoms. The Labute approximate surface area is 135 Å². The molecule has 1 atom stereocenters. The van der Waals surface area contributed by atoms with Gasteiger partial charge in [-0.2, -0.15) is 0 Å². The molecule has 1 aromatic heterocycles. The average molecular weight is 355 g/mol. The molecule has 5 heteroatoms. The van der Waals surface area contributed by atoms with Gasteiger partial charge in [-0.1, -0.05) is 0 Å². The first kappa shape index (κ1) is 15.3. The first-order chi connectivity index (χ1) is 10.2. The molecule has 0 aromatic carbocycles. The SMILES string of the molecule is Cc1nc(N2CCC(OCC3CCOC3)CC2)ccc1Br. The second-order valence-electron chi connectivity index (χ2n) is 5.99. The van der Waals surface area contributed by atoms with Crippen LogP contribution in [0.4, 0.5) is 5.82 Å². The van der Waals surface area contributed by atoms with Crippen molar-refractivity contribution in [3.05, 3.63) is 22.3 Å². The van der Waals surface area contributed by atoms with Crippen molar-refractivity contribution in [3.8, 4) is 0 Å². The maximum atomic E-state index is 6.06. The Kier molecular flexibility index (Phi) is 5.14. The van der Waals surface area contributed by atoms with Gasteiger partial charge in [0.05, 0.1) is 25.0 Å². The Hall–Kier alpha value is -0.650. The summed E-state index contributed by atoms with van der Waals surface area (Å²) in [5, 5.41) is 0. The van der Waals surface area contributed by atoms with E-state index in [0.29, 0.717) is 12.0 Å². The highest BCUT2D eigenvalue weighted by Crippen LogP contribution is 2.24. The van der Waals surface area contributed by atoms with E-state index in [1.807, 2.05) is 6.92 Å². The van der Waals surface area contributed by atoms with Crippen LogP contribution in [0.2, 0.25) is 0 Å². The van der Waals surface area contributed by atoms with E-state index in [2.05, 4.69) is 37.9 Å². The number of ether oxygens (including phenoxy) is 2. The highest BCUT2D eigenvalue weighted by atomic mass is 79.9. The van der Waals surface area contributed by atoms with Crippen LogP contribution in [-0.2, 0) is 9.47 Å².